The Morgan fingerprint density at radius 2 is 1.49 bits per heavy atom. The predicted molar refractivity (Wildman–Crippen MR) is 110 cm³/mol. The number of nitrogens with one attached hydrogen (secondary N) is 1. The number of nitrogens with zero attached hydrogens (tertiary/aromatic N) is 1. The number of hydrogen-bond donors (Lipinski definition) is 11. The Morgan fingerprint density at radius 1 is 1.11 bits per heavy atom. The topological polar surface area (TPSA) is 396 Å². The molecule has 0 amide bonds. The molecule has 0 fully saturated rings. The molecule has 0 saturated heterocycles. The van der Waals surface area contributed by atoms with E-state index in [9.17, 15) is 29.4 Å². The summed E-state index contributed by atoms with van der Waals surface area (Å²) in [4.78, 5) is 63.2. The number of carboxylic acid groups (broad SMARTS) is 3. The molecule has 23 heteroatoms. The van der Waals surface area contributed by atoms with Gasteiger partial charge in [0.05, 0.1) is 12.6 Å². The van der Waals surface area contributed by atoms with Crippen molar-refractivity contribution >= 4 is 61.0 Å². The molecule has 0 aliphatic heterocycles. The maximum absolute atomic E-state index is 9.92. The van der Waals surface area contributed by atoms with Crippen LogP contribution in [0.3, 0.4) is 0 Å². The van der Waals surface area contributed by atoms with Crippen molar-refractivity contribution in [3.63, 3.8) is 0 Å². The van der Waals surface area contributed by atoms with Crippen LogP contribution in [-0.2, 0) is 23.7 Å². The summed E-state index contributed by atoms with van der Waals surface area (Å²) in [6.45, 7) is -0.987. The van der Waals surface area contributed by atoms with Gasteiger partial charge in [-0.2, -0.15) is 0 Å². The molecule has 0 aromatic carbocycles. The molecule has 0 spiro atoms. The first-order valence-electron chi connectivity index (χ1n) is 8.60. The van der Waals surface area contributed by atoms with Crippen molar-refractivity contribution in [2.24, 2.45) is 11.5 Å². The smallest absolute Gasteiger partial charge is 0.756 e. The molecule has 0 aromatic heterocycles. The van der Waals surface area contributed by atoms with E-state index in [1.807, 2.05) is 0 Å². The van der Waals surface area contributed by atoms with Gasteiger partial charge in [0.1, 0.15) is 31.0 Å². The molecule has 13 N–H and O–H groups in total. The number of carbonyl (C=O) groups is 4. The maximum atomic E-state index is 9.92. The van der Waals surface area contributed by atoms with Gasteiger partial charge in [0.15, 0.2) is 12.2 Å². The van der Waals surface area contributed by atoms with Gasteiger partial charge in [0.2, 0.25) is 0 Å². The molecule has 0 aliphatic rings. The molecule has 37 heavy (non-hydrogen) atoms. The van der Waals surface area contributed by atoms with E-state index in [0.29, 0.717) is 0 Å². The molecule has 0 saturated carbocycles. The van der Waals surface area contributed by atoms with Crippen molar-refractivity contribution in [1.29, 1.82) is 5.41 Å². The van der Waals surface area contributed by atoms with Gasteiger partial charge in [0.25, 0.3) is 7.82 Å². The second-order valence-corrected chi connectivity index (χ2v) is 6.97. The third-order valence-corrected chi connectivity index (χ3v) is 2.89. The van der Waals surface area contributed by atoms with Gasteiger partial charge in [-0.15, -0.1) is 0 Å². The first-order valence-corrected chi connectivity index (χ1v) is 10.1. The van der Waals surface area contributed by atoms with Gasteiger partial charge in [-0.1, -0.05) is 0 Å². The second-order valence-electron chi connectivity index (χ2n) is 5.99. The number of likely N-dealkylation sites (N-methyl/N-ethyl adjacent to an activating group) is 1. The SMILES string of the molecule is CN(CC(=O)O)C(=N)N.NC(CC(=O)[O-])C(=O)[O-].O=CC(O)C(O)C(O)C(O)CO.O=P([O-])(O)O.[Mg+2].[Na+]. The number of aliphatic hydroxyl groups is 5. The number of aliphatic carboxylic acids is 3. The molecule has 0 heterocycles. The molecular weight excluding hydrogens is 558 g/mol. The van der Waals surface area contributed by atoms with Gasteiger partial charge < -0.3 is 86.3 Å². The Bertz CT molecular complexity index is 677. The minimum Gasteiger partial charge on any atom is -0.756 e. The van der Waals surface area contributed by atoms with Crippen LogP contribution in [0, 0.1) is 5.41 Å². The molecular formula is C14H28MgN4NaO16P. The molecule has 0 rings (SSSR count). The fourth-order valence-electron chi connectivity index (χ4n) is 1.17. The van der Waals surface area contributed by atoms with Crippen LogP contribution < -0.4 is 56.1 Å². The third-order valence-electron chi connectivity index (χ3n) is 2.89. The second kappa shape index (κ2) is 26.6. The Morgan fingerprint density at radius 3 is 1.65 bits per heavy atom. The van der Waals surface area contributed by atoms with E-state index in [0.717, 1.165) is 4.90 Å². The molecule has 0 radical (unpaired) electrons. The summed E-state index contributed by atoms with van der Waals surface area (Å²) < 4.78 is 8.77. The summed E-state index contributed by atoms with van der Waals surface area (Å²) in [5.41, 5.74) is 9.66. The minimum absolute atomic E-state index is 0. The van der Waals surface area contributed by atoms with Crippen molar-refractivity contribution in [1.82, 2.24) is 4.90 Å². The molecule has 0 aliphatic carbocycles. The largest absolute Gasteiger partial charge is 2.00 e. The molecule has 208 valence electrons. The fourth-order valence-corrected chi connectivity index (χ4v) is 1.17. The van der Waals surface area contributed by atoms with Crippen LogP contribution in [0.4, 0.5) is 0 Å². The van der Waals surface area contributed by atoms with Crippen LogP contribution in [0.5, 0.6) is 0 Å². The van der Waals surface area contributed by atoms with Crippen molar-refractivity contribution in [2.45, 2.75) is 36.9 Å². The van der Waals surface area contributed by atoms with Crippen molar-refractivity contribution in [3.05, 3.63) is 0 Å². The van der Waals surface area contributed by atoms with E-state index in [1.165, 1.54) is 7.05 Å². The Hall–Kier alpha value is -1.01. The van der Waals surface area contributed by atoms with Crippen LogP contribution in [0.1, 0.15) is 6.42 Å². The van der Waals surface area contributed by atoms with E-state index in [4.69, 9.17) is 66.8 Å². The average molecular weight is 587 g/mol. The number of guanidine groups is 1. The summed E-state index contributed by atoms with van der Waals surface area (Å²) >= 11 is 0. The number of phosphoric acid groups is 1. The van der Waals surface area contributed by atoms with E-state index in [1.54, 1.807) is 0 Å². The zero-order valence-electron chi connectivity index (χ0n) is 19.7. The van der Waals surface area contributed by atoms with Crippen molar-refractivity contribution in [2.75, 3.05) is 20.2 Å². The third kappa shape index (κ3) is 39.6. The number of carbonyl (C=O) groups excluding carboxylic acids is 3. The molecule has 0 bridgehead atoms. The zero-order chi connectivity index (χ0) is 29.1. The van der Waals surface area contributed by atoms with E-state index >= 15 is 0 Å². The summed E-state index contributed by atoms with van der Waals surface area (Å²) in [5.74, 6) is -4.31. The van der Waals surface area contributed by atoms with Gasteiger partial charge in [-0.3, -0.25) is 14.8 Å². The number of aldehydes is 1. The van der Waals surface area contributed by atoms with Crippen molar-refractivity contribution < 1.29 is 109 Å². The maximum Gasteiger partial charge on any atom is 2.00 e. The molecule has 20 nitrogen and oxygen atoms in total. The number of rotatable bonds is 10. The molecule has 5 atom stereocenters. The van der Waals surface area contributed by atoms with Gasteiger partial charge >= 0.3 is 58.6 Å². The molecule has 0 aromatic rings. The van der Waals surface area contributed by atoms with Gasteiger partial charge in [-0.05, 0) is 0 Å². The summed E-state index contributed by atoms with van der Waals surface area (Å²) in [6, 6.07) is -1.46. The predicted octanol–water partition coefficient (Wildman–Crippen LogP) is -13.2. The minimum atomic E-state index is -4.89. The van der Waals surface area contributed by atoms with Crippen LogP contribution in [0.2, 0.25) is 0 Å². The number of nitrogens with two attached hydrogens (primary N) is 2. The summed E-state index contributed by atoms with van der Waals surface area (Å²) in [6.07, 6.45) is -7.55. The van der Waals surface area contributed by atoms with Crippen LogP contribution in [0.15, 0.2) is 0 Å². The number of carboxylic acids is 3. The standard InChI is InChI=1S/C6H12O6.C4H9N3O2.C4H7NO4.Mg.Na.H3O4P/c7-1-3(9)5(11)6(12)4(10)2-8;1-7(4(5)6)2-3(8)9;5-2(4(8)9)1-3(6)7;;;1-5(2,3)4/h1,3-6,8-12H,2H2;2H2,1H3,(H3,5,6)(H,8,9);2H,1,5H2,(H,6,7)(H,8,9);;;(H3,1,2,3,4)/q;;;+2;+1;/p-3. The Kier molecular flexibility index (Phi) is 35.2. The Labute approximate surface area is 247 Å². The first kappa shape index (κ1) is 49.0. The number of aliphatic hydroxyl groups excluding tert-OH is 5. The molecule has 5 unspecified atom stereocenters. The number of hydrogen-bond acceptors (Lipinski definition) is 15. The van der Waals surface area contributed by atoms with Gasteiger partial charge in [-0.25, -0.2) is 0 Å². The van der Waals surface area contributed by atoms with Gasteiger partial charge in [0, 0.05) is 25.5 Å². The quantitative estimate of drug-likeness (QED) is 0.0372. The first-order chi connectivity index (χ1) is 15.6. The monoisotopic (exact) mass is 586 g/mol. The van der Waals surface area contributed by atoms with E-state index in [-0.39, 0.29) is 71.4 Å². The Balaban J connectivity index is -0.0000000881. The van der Waals surface area contributed by atoms with Crippen LogP contribution in [0.25, 0.3) is 0 Å². The average Bonchev–Trinajstić information content (AvgIpc) is 2.70. The normalized spacial score (nSPS) is 13.6. The van der Waals surface area contributed by atoms with Crippen molar-refractivity contribution in [3.8, 4) is 0 Å². The van der Waals surface area contributed by atoms with Crippen LogP contribution in [-0.4, -0.2) is 149 Å². The zero-order valence-corrected chi connectivity index (χ0v) is 24.0. The van der Waals surface area contributed by atoms with Crippen LogP contribution >= 0.6 is 7.82 Å². The van der Waals surface area contributed by atoms with E-state index in [2.05, 4.69) is 0 Å². The summed E-state index contributed by atoms with van der Waals surface area (Å²) in [5, 5.41) is 77.7. The summed E-state index contributed by atoms with van der Waals surface area (Å²) in [7, 11) is -3.45. The fraction of sp³-hybridized carbons (Fsp3) is 0.643. The van der Waals surface area contributed by atoms with E-state index < -0.39 is 69.2 Å².